The van der Waals surface area contributed by atoms with Gasteiger partial charge in [-0.05, 0) is 39.7 Å². The molecule has 3 heterocycles. The summed E-state index contributed by atoms with van der Waals surface area (Å²) in [5.41, 5.74) is 1.06. The summed E-state index contributed by atoms with van der Waals surface area (Å²) in [6.07, 6.45) is 5.12. The molecule has 7 heteroatoms. The molecule has 0 aliphatic carbocycles. The quantitative estimate of drug-likeness (QED) is 0.933. The van der Waals surface area contributed by atoms with Crippen molar-refractivity contribution in [3.63, 3.8) is 0 Å². The maximum absolute atomic E-state index is 12.8. The smallest absolute Gasteiger partial charge is 0.257 e. The van der Waals surface area contributed by atoms with Gasteiger partial charge in [0.05, 0.1) is 11.3 Å². The van der Waals surface area contributed by atoms with Crippen LogP contribution in [0.3, 0.4) is 0 Å². The van der Waals surface area contributed by atoms with Crippen LogP contribution in [-0.2, 0) is 11.8 Å². The van der Waals surface area contributed by atoms with Gasteiger partial charge < -0.3 is 10.1 Å². The number of aryl methyl sites for hydroxylation is 2. The first kappa shape index (κ1) is 15.7. The highest BCUT2D eigenvalue weighted by molar-refractivity contribution is 5.98. The monoisotopic (exact) mass is 317 g/mol. The van der Waals surface area contributed by atoms with E-state index < -0.39 is 0 Å². The van der Waals surface area contributed by atoms with Crippen molar-refractivity contribution >= 4 is 5.91 Å². The molecule has 7 nitrogen and oxygen atoms in total. The zero-order valence-electron chi connectivity index (χ0n) is 14.0. The van der Waals surface area contributed by atoms with Gasteiger partial charge >= 0.3 is 0 Å². The second kappa shape index (κ2) is 5.81. The summed E-state index contributed by atoms with van der Waals surface area (Å²) in [4.78, 5) is 12.8. The predicted molar refractivity (Wildman–Crippen MR) is 85.6 cm³/mol. The maximum Gasteiger partial charge on any atom is 0.257 e. The van der Waals surface area contributed by atoms with Crippen LogP contribution in [0.2, 0.25) is 0 Å². The largest absolute Gasteiger partial charge is 0.375 e. The van der Waals surface area contributed by atoms with E-state index in [2.05, 4.69) is 29.4 Å². The minimum Gasteiger partial charge on any atom is -0.375 e. The Hall–Kier alpha value is -2.15. The first-order valence-corrected chi connectivity index (χ1v) is 7.86. The fraction of sp³-hybridized carbons (Fsp3) is 0.562. The van der Waals surface area contributed by atoms with Crippen molar-refractivity contribution in [3.8, 4) is 5.82 Å². The highest BCUT2D eigenvalue weighted by Crippen LogP contribution is 2.25. The molecule has 0 aromatic carbocycles. The molecule has 1 aliphatic heterocycles. The molecule has 1 saturated heterocycles. The number of carbonyl (C=O) groups excluding carboxylic acids is 1. The van der Waals surface area contributed by atoms with Crippen molar-refractivity contribution in [3.05, 3.63) is 29.7 Å². The average Bonchev–Trinajstić information content (AvgIpc) is 3.04. The number of amides is 1. The van der Waals surface area contributed by atoms with Gasteiger partial charge in [-0.25, -0.2) is 9.36 Å². The van der Waals surface area contributed by atoms with Crippen LogP contribution >= 0.6 is 0 Å². The van der Waals surface area contributed by atoms with Crippen LogP contribution in [0.4, 0.5) is 0 Å². The third-order valence-electron chi connectivity index (χ3n) is 4.17. The lowest BCUT2D eigenvalue weighted by atomic mass is 9.94. The molecule has 0 radical (unpaired) electrons. The van der Waals surface area contributed by atoms with Crippen molar-refractivity contribution in [1.29, 1.82) is 0 Å². The Bertz CT molecular complexity index is 702. The lowest BCUT2D eigenvalue weighted by Crippen LogP contribution is -2.46. The Labute approximate surface area is 135 Å². The first-order valence-electron chi connectivity index (χ1n) is 7.86. The standard InChI is InChI=1S/C16H23N5O2/c1-11-13(15(20(4)19-11)21-8-5-7-17-21)14(22)18-12-6-9-23-16(2,3)10-12/h5,7-8,12H,6,9-10H2,1-4H3,(H,18,22). The van der Waals surface area contributed by atoms with E-state index >= 15 is 0 Å². The lowest BCUT2D eigenvalue weighted by molar-refractivity contribution is -0.0615. The second-order valence-electron chi connectivity index (χ2n) is 6.63. The number of nitrogens with zero attached hydrogens (tertiary/aromatic N) is 4. The highest BCUT2D eigenvalue weighted by atomic mass is 16.5. The molecule has 3 rings (SSSR count). The van der Waals surface area contributed by atoms with E-state index in [9.17, 15) is 4.79 Å². The van der Waals surface area contributed by atoms with Crippen molar-refractivity contribution in [2.45, 2.75) is 45.3 Å². The van der Waals surface area contributed by atoms with Crippen molar-refractivity contribution in [2.75, 3.05) is 6.61 Å². The SMILES string of the molecule is Cc1nn(C)c(-n2cccn2)c1C(=O)NC1CCOC(C)(C)C1. The Morgan fingerprint density at radius 3 is 2.91 bits per heavy atom. The molecule has 1 aliphatic rings. The second-order valence-corrected chi connectivity index (χ2v) is 6.63. The summed E-state index contributed by atoms with van der Waals surface area (Å²) < 4.78 is 9.07. The van der Waals surface area contributed by atoms with E-state index in [0.717, 1.165) is 12.8 Å². The Morgan fingerprint density at radius 1 is 1.48 bits per heavy atom. The molecule has 124 valence electrons. The van der Waals surface area contributed by atoms with Crippen LogP contribution in [0.5, 0.6) is 0 Å². The summed E-state index contributed by atoms with van der Waals surface area (Å²) in [7, 11) is 1.82. The third kappa shape index (κ3) is 3.14. The van der Waals surface area contributed by atoms with Crippen molar-refractivity contribution in [2.24, 2.45) is 7.05 Å². The maximum atomic E-state index is 12.8. The molecular weight excluding hydrogens is 294 g/mol. The van der Waals surface area contributed by atoms with E-state index in [-0.39, 0.29) is 17.6 Å². The molecule has 1 N–H and O–H groups in total. The molecule has 0 spiro atoms. The minimum atomic E-state index is -0.203. The number of rotatable bonds is 3. The molecule has 0 saturated carbocycles. The van der Waals surface area contributed by atoms with Crippen LogP contribution in [0.1, 0.15) is 42.7 Å². The molecule has 1 atom stereocenters. The number of ether oxygens (including phenoxy) is 1. The normalized spacial score (nSPS) is 20.4. The average molecular weight is 317 g/mol. The summed E-state index contributed by atoms with van der Waals surface area (Å²) in [6, 6.07) is 1.93. The lowest BCUT2D eigenvalue weighted by Gasteiger charge is -2.35. The van der Waals surface area contributed by atoms with Crippen LogP contribution in [0, 0.1) is 6.92 Å². The predicted octanol–water partition coefficient (Wildman–Crippen LogP) is 1.60. The third-order valence-corrected chi connectivity index (χ3v) is 4.17. The Kier molecular flexibility index (Phi) is 3.97. The van der Waals surface area contributed by atoms with Gasteiger partial charge in [-0.2, -0.15) is 10.2 Å². The number of nitrogens with one attached hydrogen (secondary N) is 1. The van der Waals surface area contributed by atoms with Gasteiger partial charge in [0.1, 0.15) is 5.56 Å². The fourth-order valence-electron chi connectivity index (χ4n) is 3.18. The summed E-state index contributed by atoms with van der Waals surface area (Å²) in [5, 5.41) is 11.7. The first-order chi connectivity index (χ1) is 10.9. The molecular formula is C16H23N5O2. The van der Waals surface area contributed by atoms with Crippen LogP contribution in [0.15, 0.2) is 18.5 Å². The number of hydrogen-bond acceptors (Lipinski definition) is 4. The zero-order valence-corrected chi connectivity index (χ0v) is 14.0. The van der Waals surface area contributed by atoms with Crippen molar-refractivity contribution in [1.82, 2.24) is 24.9 Å². The van der Waals surface area contributed by atoms with Crippen LogP contribution in [0.25, 0.3) is 5.82 Å². The number of carbonyl (C=O) groups is 1. The fourth-order valence-corrected chi connectivity index (χ4v) is 3.18. The van der Waals surface area contributed by atoms with Gasteiger partial charge in [-0.1, -0.05) is 0 Å². The van der Waals surface area contributed by atoms with Gasteiger partial charge in [0.2, 0.25) is 0 Å². The van der Waals surface area contributed by atoms with Gasteiger partial charge in [-0.15, -0.1) is 0 Å². The number of aromatic nitrogens is 4. The molecule has 23 heavy (non-hydrogen) atoms. The van der Waals surface area contributed by atoms with Crippen molar-refractivity contribution < 1.29 is 9.53 Å². The van der Waals surface area contributed by atoms with Crippen LogP contribution < -0.4 is 5.32 Å². The molecule has 1 unspecified atom stereocenters. The van der Waals surface area contributed by atoms with Gasteiger partial charge in [0, 0.05) is 32.1 Å². The summed E-state index contributed by atoms with van der Waals surface area (Å²) in [5.74, 6) is 0.570. The van der Waals surface area contributed by atoms with E-state index in [4.69, 9.17) is 4.74 Å². The number of hydrogen-bond donors (Lipinski definition) is 1. The summed E-state index contributed by atoms with van der Waals surface area (Å²) in [6.45, 7) is 6.61. The van der Waals surface area contributed by atoms with E-state index in [0.29, 0.717) is 23.7 Å². The van der Waals surface area contributed by atoms with Gasteiger partial charge in [-0.3, -0.25) is 4.79 Å². The molecule has 1 fully saturated rings. The molecule has 2 aromatic heterocycles. The summed E-state index contributed by atoms with van der Waals surface area (Å²) >= 11 is 0. The van der Waals surface area contributed by atoms with E-state index in [1.165, 1.54) is 0 Å². The Morgan fingerprint density at radius 2 is 2.26 bits per heavy atom. The van der Waals surface area contributed by atoms with Gasteiger partial charge in [0.25, 0.3) is 5.91 Å². The highest BCUT2D eigenvalue weighted by Gasteiger charge is 2.31. The molecule has 0 bridgehead atoms. The Balaban J connectivity index is 1.86. The van der Waals surface area contributed by atoms with E-state index in [1.54, 1.807) is 15.6 Å². The van der Waals surface area contributed by atoms with Crippen LogP contribution in [-0.4, -0.2) is 43.7 Å². The van der Waals surface area contributed by atoms with E-state index in [1.807, 2.05) is 26.2 Å². The topological polar surface area (TPSA) is 74.0 Å². The molecule has 2 aromatic rings. The van der Waals surface area contributed by atoms with Gasteiger partial charge in [0.15, 0.2) is 5.82 Å². The minimum absolute atomic E-state index is 0.108. The zero-order chi connectivity index (χ0) is 16.6. The molecule has 1 amide bonds.